The van der Waals surface area contributed by atoms with Crippen molar-refractivity contribution in [3.63, 3.8) is 0 Å². The maximum atomic E-state index is 12.5. The molecule has 1 aromatic heterocycles. The van der Waals surface area contributed by atoms with Gasteiger partial charge in [-0.15, -0.1) is 0 Å². The van der Waals surface area contributed by atoms with E-state index in [0.717, 1.165) is 5.69 Å². The summed E-state index contributed by atoms with van der Waals surface area (Å²) < 4.78 is 0. The van der Waals surface area contributed by atoms with E-state index in [1.54, 1.807) is 60.7 Å². The zero-order valence-electron chi connectivity index (χ0n) is 16.0. The molecule has 0 aliphatic rings. The van der Waals surface area contributed by atoms with E-state index in [4.69, 9.17) is 0 Å². The number of nitrogens with one attached hydrogen (secondary N) is 3. The number of hydrogen-bond donors (Lipinski definition) is 3. The van der Waals surface area contributed by atoms with Crippen molar-refractivity contribution >= 4 is 40.3 Å². The molecule has 7 nitrogen and oxygen atoms in total. The molecule has 0 fully saturated rings. The van der Waals surface area contributed by atoms with Gasteiger partial charge in [0.1, 0.15) is 5.69 Å². The van der Waals surface area contributed by atoms with E-state index in [0.29, 0.717) is 22.6 Å². The predicted molar refractivity (Wildman–Crippen MR) is 113 cm³/mol. The first kappa shape index (κ1) is 19.8. The first-order chi connectivity index (χ1) is 13.9. The number of amides is 2. The number of benzene rings is 2. The van der Waals surface area contributed by atoms with E-state index in [1.165, 1.54) is 20.0 Å². The van der Waals surface area contributed by atoms with Gasteiger partial charge in [-0.25, -0.2) is 0 Å². The summed E-state index contributed by atoms with van der Waals surface area (Å²) in [6, 6.07) is 17.3. The van der Waals surface area contributed by atoms with Gasteiger partial charge in [0.25, 0.3) is 5.91 Å². The fraction of sp³-hybridized carbons (Fsp3) is 0.0909. The zero-order valence-corrected chi connectivity index (χ0v) is 16.0. The fourth-order valence-corrected chi connectivity index (χ4v) is 2.66. The van der Waals surface area contributed by atoms with Crippen molar-refractivity contribution < 1.29 is 14.4 Å². The molecule has 2 amide bonds. The highest BCUT2D eigenvalue weighted by atomic mass is 16.2. The molecule has 0 atom stereocenters. The van der Waals surface area contributed by atoms with Crippen LogP contribution in [0.3, 0.4) is 0 Å². The highest BCUT2D eigenvalue weighted by Crippen LogP contribution is 2.19. The van der Waals surface area contributed by atoms with Crippen LogP contribution in [0.5, 0.6) is 0 Å². The van der Waals surface area contributed by atoms with Crippen LogP contribution < -0.4 is 16.0 Å². The molecule has 1 heterocycles. The van der Waals surface area contributed by atoms with Gasteiger partial charge in [0, 0.05) is 41.4 Å². The van der Waals surface area contributed by atoms with Gasteiger partial charge in [0.15, 0.2) is 5.78 Å². The average molecular weight is 388 g/mol. The number of ketones is 1. The molecule has 146 valence electrons. The van der Waals surface area contributed by atoms with Crippen molar-refractivity contribution in [3.8, 4) is 0 Å². The molecular formula is C22H20N4O3. The maximum Gasteiger partial charge on any atom is 0.274 e. The number of Topliss-reactive ketones (excluding diaryl/α,β-unsaturated/α-hetero) is 1. The van der Waals surface area contributed by atoms with E-state index in [2.05, 4.69) is 20.9 Å². The number of carbonyl (C=O) groups excluding carboxylic acids is 3. The van der Waals surface area contributed by atoms with Gasteiger partial charge < -0.3 is 16.0 Å². The van der Waals surface area contributed by atoms with Gasteiger partial charge in [0.2, 0.25) is 5.91 Å². The molecule has 2 aromatic carbocycles. The lowest BCUT2D eigenvalue weighted by molar-refractivity contribution is -0.114. The van der Waals surface area contributed by atoms with Gasteiger partial charge in [-0.3, -0.25) is 19.4 Å². The summed E-state index contributed by atoms with van der Waals surface area (Å²) in [5.74, 6) is -0.562. The summed E-state index contributed by atoms with van der Waals surface area (Å²) in [6.45, 7) is 2.93. The van der Waals surface area contributed by atoms with E-state index in [1.807, 2.05) is 0 Å². The lowest BCUT2D eigenvalue weighted by Crippen LogP contribution is -2.14. The third-order valence-corrected chi connectivity index (χ3v) is 4.01. The minimum atomic E-state index is -0.374. The van der Waals surface area contributed by atoms with Crippen LogP contribution in [0.15, 0.2) is 66.9 Å². The number of hydrogen-bond acceptors (Lipinski definition) is 5. The summed E-state index contributed by atoms with van der Waals surface area (Å²) in [4.78, 5) is 39.2. The number of anilines is 4. The quantitative estimate of drug-likeness (QED) is 0.549. The third kappa shape index (κ3) is 5.49. The minimum Gasteiger partial charge on any atom is -0.355 e. The predicted octanol–water partition coefficient (Wildman–Crippen LogP) is 4.24. The van der Waals surface area contributed by atoms with Crippen molar-refractivity contribution in [3.05, 3.63) is 78.1 Å². The van der Waals surface area contributed by atoms with E-state index < -0.39 is 0 Å². The highest BCUT2D eigenvalue weighted by Gasteiger charge is 2.10. The molecule has 7 heteroatoms. The first-order valence-corrected chi connectivity index (χ1v) is 8.94. The zero-order chi connectivity index (χ0) is 20.8. The van der Waals surface area contributed by atoms with Gasteiger partial charge in [-0.05, 0) is 61.5 Å². The molecule has 3 aromatic rings. The van der Waals surface area contributed by atoms with E-state index >= 15 is 0 Å². The van der Waals surface area contributed by atoms with E-state index in [9.17, 15) is 14.4 Å². The second kappa shape index (κ2) is 8.79. The smallest absolute Gasteiger partial charge is 0.274 e. The Labute approximate surface area is 168 Å². The van der Waals surface area contributed by atoms with Crippen LogP contribution in [-0.4, -0.2) is 22.6 Å². The van der Waals surface area contributed by atoms with Crippen LogP contribution >= 0.6 is 0 Å². The van der Waals surface area contributed by atoms with E-state index in [-0.39, 0.29) is 23.3 Å². The number of carbonyl (C=O) groups is 3. The highest BCUT2D eigenvalue weighted by molar-refractivity contribution is 6.04. The Hall–Kier alpha value is -4.00. The van der Waals surface area contributed by atoms with Gasteiger partial charge in [-0.2, -0.15) is 0 Å². The van der Waals surface area contributed by atoms with Crippen LogP contribution in [0.2, 0.25) is 0 Å². The third-order valence-electron chi connectivity index (χ3n) is 4.01. The normalized spacial score (nSPS) is 10.1. The molecule has 0 aliphatic carbocycles. The van der Waals surface area contributed by atoms with Crippen molar-refractivity contribution in [2.45, 2.75) is 13.8 Å². The van der Waals surface area contributed by atoms with Crippen LogP contribution in [0, 0.1) is 0 Å². The number of pyridine rings is 1. The molecule has 0 saturated carbocycles. The Morgan fingerprint density at radius 2 is 1.45 bits per heavy atom. The molecule has 3 rings (SSSR count). The number of nitrogens with zero attached hydrogens (tertiary/aromatic N) is 1. The SMILES string of the molecule is CC(=O)Nc1cccc(NC(=O)c2cc(Nc3ccc(C(C)=O)cc3)ccn2)c1. The van der Waals surface area contributed by atoms with Crippen molar-refractivity contribution in [1.82, 2.24) is 4.98 Å². The molecule has 3 N–H and O–H groups in total. The van der Waals surface area contributed by atoms with Crippen LogP contribution in [0.4, 0.5) is 22.7 Å². The van der Waals surface area contributed by atoms with Crippen molar-refractivity contribution in [1.29, 1.82) is 0 Å². The monoisotopic (exact) mass is 388 g/mol. The molecule has 0 saturated heterocycles. The summed E-state index contributed by atoms with van der Waals surface area (Å²) in [6.07, 6.45) is 1.54. The number of aromatic nitrogens is 1. The summed E-state index contributed by atoms with van der Waals surface area (Å²) >= 11 is 0. The summed E-state index contributed by atoms with van der Waals surface area (Å²) in [5, 5.41) is 8.61. The second-order valence-electron chi connectivity index (χ2n) is 6.40. The molecule has 0 bridgehead atoms. The van der Waals surface area contributed by atoms with Crippen LogP contribution in [0.25, 0.3) is 0 Å². The molecule has 29 heavy (non-hydrogen) atoms. The van der Waals surface area contributed by atoms with Gasteiger partial charge >= 0.3 is 0 Å². The molecule has 0 radical (unpaired) electrons. The molecule has 0 spiro atoms. The van der Waals surface area contributed by atoms with Crippen LogP contribution in [-0.2, 0) is 4.79 Å². The Morgan fingerprint density at radius 3 is 2.10 bits per heavy atom. The lowest BCUT2D eigenvalue weighted by Gasteiger charge is -2.10. The van der Waals surface area contributed by atoms with Crippen molar-refractivity contribution in [2.75, 3.05) is 16.0 Å². The molecular weight excluding hydrogens is 368 g/mol. The van der Waals surface area contributed by atoms with Gasteiger partial charge in [-0.1, -0.05) is 6.07 Å². The molecule has 0 aliphatic heterocycles. The Morgan fingerprint density at radius 1 is 0.759 bits per heavy atom. The minimum absolute atomic E-state index is 0.00184. The molecule has 0 unspecified atom stereocenters. The first-order valence-electron chi connectivity index (χ1n) is 8.94. The lowest BCUT2D eigenvalue weighted by atomic mass is 10.1. The van der Waals surface area contributed by atoms with Crippen LogP contribution in [0.1, 0.15) is 34.7 Å². The Kier molecular flexibility index (Phi) is 5.99. The Balaban J connectivity index is 1.71. The standard InChI is InChI=1S/C22H20N4O3/c1-14(27)16-6-8-17(9-7-16)25-20-10-11-23-21(13-20)22(29)26-19-5-3-4-18(12-19)24-15(2)28/h3-13H,1-2H3,(H,23,25)(H,24,28)(H,26,29). The Bertz CT molecular complexity index is 1060. The fourth-order valence-electron chi connectivity index (χ4n) is 2.66. The largest absolute Gasteiger partial charge is 0.355 e. The summed E-state index contributed by atoms with van der Waals surface area (Å²) in [7, 11) is 0. The van der Waals surface area contributed by atoms with Gasteiger partial charge in [0.05, 0.1) is 0 Å². The summed E-state index contributed by atoms with van der Waals surface area (Å²) in [5.41, 5.74) is 3.48. The maximum absolute atomic E-state index is 12.5. The number of rotatable bonds is 6. The topological polar surface area (TPSA) is 100 Å². The van der Waals surface area contributed by atoms with Crippen molar-refractivity contribution in [2.24, 2.45) is 0 Å². The average Bonchev–Trinajstić information content (AvgIpc) is 2.68. The second-order valence-corrected chi connectivity index (χ2v) is 6.40.